The summed E-state index contributed by atoms with van der Waals surface area (Å²) < 4.78 is 4.61. The zero-order valence-electron chi connectivity index (χ0n) is 11.0. The zero-order chi connectivity index (χ0) is 14.3. The quantitative estimate of drug-likeness (QED) is 0.620. The summed E-state index contributed by atoms with van der Waals surface area (Å²) in [5.41, 5.74) is 0.750. The maximum absolute atomic E-state index is 11.6. The molecule has 0 radical (unpaired) electrons. The molecule has 0 aliphatic rings. The van der Waals surface area contributed by atoms with Crippen LogP contribution < -0.4 is 10.6 Å². The molecule has 104 valence electrons. The van der Waals surface area contributed by atoms with Crippen LogP contribution in [0.2, 0.25) is 5.02 Å². The second kappa shape index (κ2) is 7.76. The van der Waals surface area contributed by atoms with Crippen LogP contribution in [0.5, 0.6) is 0 Å². The van der Waals surface area contributed by atoms with Gasteiger partial charge in [-0.2, -0.15) is 0 Å². The molecule has 0 atom stereocenters. The Morgan fingerprint density at radius 1 is 1.37 bits per heavy atom. The van der Waals surface area contributed by atoms with Gasteiger partial charge in [0, 0.05) is 18.7 Å². The van der Waals surface area contributed by atoms with Crippen LogP contribution in [0.1, 0.15) is 23.7 Å². The lowest BCUT2D eigenvalue weighted by atomic mass is 10.2. The topological polar surface area (TPSA) is 67.4 Å². The lowest BCUT2D eigenvalue weighted by Crippen LogP contribution is -2.21. The van der Waals surface area contributed by atoms with Gasteiger partial charge in [-0.3, -0.25) is 4.79 Å². The van der Waals surface area contributed by atoms with Crippen LogP contribution >= 0.6 is 11.6 Å². The summed E-state index contributed by atoms with van der Waals surface area (Å²) in [6, 6.07) is 4.69. The molecule has 19 heavy (non-hydrogen) atoms. The first-order chi connectivity index (χ1) is 9.08. The third-order valence-corrected chi connectivity index (χ3v) is 2.76. The van der Waals surface area contributed by atoms with Crippen molar-refractivity contribution in [3.05, 3.63) is 28.8 Å². The minimum Gasteiger partial charge on any atom is -0.465 e. The number of ether oxygens (including phenoxy) is 1. The number of hydrogen-bond donors (Lipinski definition) is 2. The van der Waals surface area contributed by atoms with E-state index in [1.807, 2.05) is 6.92 Å². The Bertz CT molecular complexity index is 463. The number of hydrogen-bond acceptors (Lipinski definition) is 4. The maximum Gasteiger partial charge on any atom is 0.339 e. The van der Waals surface area contributed by atoms with Crippen LogP contribution in [0, 0.1) is 0 Å². The number of anilines is 1. The second-order valence-electron chi connectivity index (χ2n) is 3.84. The molecule has 1 rings (SSSR count). The SMILES string of the molecule is CCNCCC(=O)Nc1ccc(Cl)c(C(=O)OC)c1. The summed E-state index contributed by atoms with van der Waals surface area (Å²) in [6.07, 6.45) is 0.365. The average molecular weight is 285 g/mol. The first-order valence-corrected chi connectivity index (χ1v) is 6.34. The van der Waals surface area contributed by atoms with Crippen molar-refractivity contribution in [1.29, 1.82) is 0 Å². The van der Waals surface area contributed by atoms with Crippen molar-refractivity contribution in [3.63, 3.8) is 0 Å². The van der Waals surface area contributed by atoms with E-state index in [4.69, 9.17) is 11.6 Å². The van der Waals surface area contributed by atoms with Crippen LogP contribution in [0.4, 0.5) is 5.69 Å². The Morgan fingerprint density at radius 2 is 2.11 bits per heavy atom. The molecule has 0 aliphatic carbocycles. The zero-order valence-corrected chi connectivity index (χ0v) is 11.7. The summed E-state index contributed by atoms with van der Waals surface area (Å²) in [6.45, 7) is 3.40. The molecule has 0 saturated heterocycles. The smallest absolute Gasteiger partial charge is 0.339 e. The van der Waals surface area contributed by atoms with E-state index >= 15 is 0 Å². The fourth-order valence-electron chi connectivity index (χ4n) is 1.47. The number of nitrogens with one attached hydrogen (secondary N) is 2. The third-order valence-electron chi connectivity index (χ3n) is 2.43. The highest BCUT2D eigenvalue weighted by Crippen LogP contribution is 2.21. The van der Waals surface area contributed by atoms with Gasteiger partial charge in [-0.1, -0.05) is 18.5 Å². The van der Waals surface area contributed by atoms with Gasteiger partial charge in [-0.15, -0.1) is 0 Å². The summed E-state index contributed by atoms with van der Waals surface area (Å²) in [5, 5.41) is 6.05. The van der Waals surface area contributed by atoms with Crippen LogP contribution in [0.25, 0.3) is 0 Å². The highest BCUT2D eigenvalue weighted by atomic mass is 35.5. The van der Waals surface area contributed by atoms with Gasteiger partial charge >= 0.3 is 5.97 Å². The van der Waals surface area contributed by atoms with Crippen molar-refractivity contribution in [2.75, 3.05) is 25.5 Å². The summed E-state index contributed by atoms with van der Waals surface area (Å²) in [5.74, 6) is -0.659. The van der Waals surface area contributed by atoms with E-state index in [2.05, 4.69) is 15.4 Å². The monoisotopic (exact) mass is 284 g/mol. The molecule has 1 aromatic carbocycles. The molecule has 0 saturated carbocycles. The van der Waals surface area contributed by atoms with Gasteiger partial charge < -0.3 is 15.4 Å². The molecule has 0 heterocycles. The van der Waals surface area contributed by atoms with E-state index in [0.29, 0.717) is 18.7 Å². The predicted octanol–water partition coefficient (Wildman–Crippen LogP) is 2.06. The van der Waals surface area contributed by atoms with Crippen molar-refractivity contribution in [2.45, 2.75) is 13.3 Å². The molecular formula is C13H17ClN2O3. The highest BCUT2D eigenvalue weighted by Gasteiger charge is 2.12. The van der Waals surface area contributed by atoms with E-state index in [1.165, 1.54) is 13.2 Å². The van der Waals surface area contributed by atoms with Crippen LogP contribution in [-0.4, -0.2) is 32.1 Å². The minimum absolute atomic E-state index is 0.126. The van der Waals surface area contributed by atoms with E-state index in [-0.39, 0.29) is 16.5 Å². The van der Waals surface area contributed by atoms with Crippen LogP contribution in [0.3, 0.4) is 0 Å². The van der Waals surface area contributed by atoms with Crippen molar-refractivity contribution in [1.82, 2.24) is 5.32 Å². The van der Waals surface area contributed by atoms with Crippen LogP contribution in [-0.2, 0) is 9.53 Å². The van der Waals surface area contributed by atoms with E-state index in [9.17, 15) is 9.59 Å². The highest BCUT2D eigenvalue weighted by molar-refractivity contribution is 6.33. The lowest BCUT2D eigenvalue weighted by Gasteiger charge is -2.08. The van der Waals surface area contributed by atoms with Crippen LogP contribution in [0.15, 0.2) is 18.2 Å². The van der Waals surface area contributed by atoms with Gasteiger partial charge in [0.15, 0.2) is 0 Å². The molecule has 1 amide bonds. The average Bonchev–Trinajstić information content (AvgIpc) is 2.40. The summed E-state index contributed by atoms with van der Waals surface area (Å²) in [7, 11) is 1.28. The molecule has 1 aromatic rings. The van der Waals surface area contributed by atoms with Gasteiger partial charge in [0.25, 0.3) is 0 Å². The molecule has 0 fully saturated rings. The molecule has 0 unspecified atom stereocenters. The van der Waals surface area contributed by atoms with Crippen molar-refractivity contribution >= 4 is 29.2 Å². The molecule has 0 aliphatic heterocycles. The molecule has 0 spiro atoms. The van der Waals surface area contributed by atoms with Gasteiger partial charge in [0.2, 0.25) is 5.91 Å². The van der Waals surface area contributed by atoms with E-state index in [0.717, 1.165) is 6.54 Å². The van der Waals surface area contributed by atoms with Gasteiger partial charge in [0.1, 0.15) is 0 Å². The second-order valence-corrected chi connectivity index (χ2v) is 4.25. The predicted molar refractivity (Wildman–Crippen MR) is 74.6 cm³/mol. The Morgan fingerprint density at radius 3 is 2.74 bits per heavy atom. The molecule has 2 N–H and O–H groups in total. The van der Waals surface area contributed by atoms with Crippen molar-refractivity contribution in [2.24, 2.45) is 0 Å². The van der Waals surface area contributed by atoms with Gasteiger partial charge in [-0.05, 0) is 24.7 Å². The Labute approximate surface area is 117 Å². The molecule has 6 heteroatoms. The number of benzene rings is 1. The first kappa shape index (κ1) is 15.5. The molecule has 5 nitrogen and oxygen atoms in total. The number of carbonyl (C=O) groups is 2. The molecule has 0 bridgehead atoms. The van der Waals surface area contributed by atoms with E-state index < -0.39 is 5.97 Å². The number of esters is 1. The van der Waals surface area contributed by atoms with Crippen molar-refractivity contribution < 1.29 is 14.3 Å². The standard InChI is InChI=1S/C13H17ClN2O3/c1-3-15-7-6-12(17)16-9-4-5-11(14)10(8-9)13(18)19-2/h4-5,8,15H,3,6-7H2,1-2H3,(H,16,17). The maximum atomic E-state index is 11.6. The first-order valence-electron chi connectivity index (χ1n) is 5.97. The van der Waals surface area contributed by atoms with E-state index in [1.54, 1.807) is 12.1 Å². The number of amides is 1. The Kier molecular flexibility index (Phi) is 6.32. The summed E-state index contributed by atoms with van der Waals surface area (Å²) >= 11 is 5.89. The Balaban J connectivity index is 2.69. The third kappa shape index (κ3) is 4.89. The fraction of sp³-hybridized carbons (Fsp3) is 0.385. The van der Waals surface area contributed by atoms with Crippen molar-refractivity contribution in [3.8, 4) is 0 Å². The molecule has 0 aromatic heterocycles. The number of rotatable bonds is 6. The molecular weight excluding hydrogens is 268 g/mol. The lowest BCUT2D eigenvalue weighted by molar-refractivity contribution is -0.116. The van der Waals surface area contributed by atoms with Gasteiger partial charge in [-0.25, -0.2) is 4.79 Å². The Hall–Kier alpha value is -1.59. The largest absolute Gasteiger partial charge is 0.465 e. The fourth-order valence-corrected chi connectivity index (χ4v) is 1.67. The number of halogens is 1. The number of methoxy groups -OCH3 is 1. The summed E-state index contributed by atoms with van der Waals surface area (Å²) in [4.78, 5) is 23.1. The van der Waals surface area contributed by atoms with Gasteiger partial charge in [0.05, 0.1) is 17.7 Å². The normalized spacial score (nSPS) is 10.1. The minimum atomic E-state index is -0.534. The number of carbonyl (C=O) groups excluding carboxylic acids is 2.